The van der Waals surface area contributed by atoms with Gasteiger partial charge < -0.3 is 9.64 Å². The molecule has 1 atom stereocenters. The Bertz CT molecular complexity index is 790. The van der Waals surface area contributed by atoms with Gasteiger partial charge in [-0.2, -0.15) is 0 Å². The number of ether oxygens (including phenoxy) is 1. The number of likely N-dealkylation sites (tertiary alicyclic amines) is 1. The van der Waals surface area contributed by atoms with Crippen molar-refractivity contribution in [3.8, 4) is 0 Å². The zero-order chi connectivity index (χ0) is 17.3. The Labute approximate surface area is 143 Å². The van der Waals surface area contributed by atoms with Gasteiger partial charge in [0, 0.05) is 11.4 Å². The zero-order valence-electron chi connectivity index (χ0n) is 13.4. The van der Waals surface area contributed by atoms with Gasteiger partial charge in [0.1, 0.15) is 10.8 Å². The maximum Gasteiger partial charge on any atom is 0.357 e. The summed E-state index contributed by atoms with van der Waals surface area (Å²) in [5, 5.41) is 0.690. The highest BCUT2D eigenvalue weighted by molar-refractivity contribution is 7.12. The highest BCUT2D eigenvalue weighted by Gasteiger charge is 2.34. The molecule has 24 heavy (non-hydrogen) atoms. The predicted molar refractivity (Wildman–Crippen MR) is 87.6 cm³/mol. The summed E-state index contributed by atoms with van der Waals surface area (Å²) < 4.78 is 18.6. The van der Waals surface area contributed by atoms with Crippen LogP contribution < -0.4 is 0 Å². The molecule has 0 saturated carbocycles. The number of hydrogen-bond acceptors (Lipinski definition) is 5. The molecule has 1 aromatic carbocycles. The summed E-state index contributed by atoms with van der Waals surface area (Å²) in [7, 11) is 1.31. The van der Waals surface area contributed by atoms with Crippen LogP contribution in [0.5, 0.6) is 0 Å². The highest BCUT2D eigenvalue weighted by atomic mass is 32.1. The molecule has 0 aliphatic carbocycles. The zero-order valence-corrected chi connectivity index (χ0v) is 14.2. The molecule has 0 bridgehead atoms. The van der Waals surface area contributed by atoms with E-state index in [4.69, 9.17) is 4.74 Å². The minimum Gasteiger partial charge on any atom is -0.464 e. The number of rotatable bonds is 3. The number of nitrogens with zero attached hydrogens (tertiary/aromatic N) is 2. The standard InChI is InChI=1S/C17H17FN2O3S/c1-10-14(17(22)23-2)19-15(24-10)13-8-5-9-20(13)16(21)11-6-3-4-7-12(11)18/h3-4,6-7,13H,5,8-9H2,1-2H3/t13-/m0/s1. The summed E-state index contributed by atoms with van der Waals surface area (Å²) in [4.78, 5) is 31.2. The number of carbonyl (C=O) groups excluding carboxylic acids is 2. The summed E-state index contributed by atoms with van der Waals surface area (Å²) in [6, 6.07) is 5.73. The Morgan fingerprint density at radius 3 is 2.83 bits per heavy atom. The molecule has 7 heteroatoms. The van der Waals surface area contributed by atoms with Crippen molar-refractivity contribution in [2.45, 2.75) is 25.8 Å². The molecule has 1 saturated heterocycles. The Hall–Kier alpha value is -2.28. The molecule has 0 unspecified atom stereocenters. The first-order valence-corrected chi connectivity index (χ1v) is 8.45. The van der Waals surface area contributed by atoms with E-state index >= 15 is 0 Å². The van der Waals surface area contributed by atoms with Crippen LogP contribution in [0.25, 0.3) is 0 Å². The molecule has 5 nitrogen and oxygen atoms in total. The van der Waals surface area contributed by atoms with Crippen LogP contribution in [-0.2, 0) is 4.74 Å². The second-order valence-electron chi connectivity index (χ2n) is 5.58. The number of hydrogen-bond donors (Lipinski definition) is 0. The lowest BCUT2D eigenvalue weighted by molar-refractivity contribution is 0.0593. The van der Waals surface area contributed by atoms with E-state index in [-0.39, 0.29) is 23.2 Å². The van der Waals surface area contributed by atoms with E-state index in [9.17, 15) is 14.0 Å². The van der Waals surface area contributed by atoms with Crippen molar-refractivity contribution in [2.24, 2.45) is 0 Å². The van der Waals surface area contributed by atoms with Gasteiger partial charge in [-0.1, -0.05) is 12.1 Å². The fourth-order valence-corrected chi connectivity index (χ4v) is 3.96. The highest BCUT2D eigenvalue weighted by Crippen LogP contribution is 2.36. The second-order valence-corrected chi connectivity index (χ2v) is 6.82. The predicted octanol–water partition coefficient (Wildman–Crippen LogP) is 3.35. The van der Waals surface area contributed by atoms with Crippen molar-refractivity contribution < 1.29 is 18.7 Å². The third-order valence-corrected chi connectivity index (χ3v) is 5.17. The molecule has 126 valence electrons. The molecule has 1 aliphatic heterocycles. The Kier molecular flexibility index (Phi) is 4.62. The van der Waals surface area contributed by atoms with E-state index in [0.717, 1.165) is 17.7 Å². The molecule has 1 amide bonds. The number of esters is 1. The number of amides is 1. The minimum atomic E-state index is -0.529. The van der Waals surface area contributed by atoms with Crippen LogP contribution in [-0.4, -0.2) is 35.4 Å². The van der Waals surface area contributed by atoms with Crippen LogP contribution in [0.3, 0.4) is 0 Å². The summed E-state index contributed by atoms with van der Waals surface area (Å²) in [5.74, 6) is -1.36. The van der Waals surface area contributed by atoms with E-state index < -0.39 is 11.8 Å². The topological polar surface area (TPSA) is 59.5 Å². The number of aryl methyl sites for hydroxylation is 1. The fourth-order valence-electron chi connectivity index (χ4n) is 2.90. The number of thiazole rings is 1. The van der Waals surface area contributed by atoms with Gasteiger partial charge >= 0.3 is 5.97 Å². The molecule has 0 N–H and O–H groups in total. The van der Waals surface area contributed by atoms with Crippen molar-refractivity contribution >= 4 is 23.2 Å². The summed E-state index contributed by atoms with van der Waals surface area (Å²) >= 11 is 1.38. The van der Waals surface area contributed by atoms with Crippen LogP contribution >= 0.6 is 11.3 Å². The lowest BCUT2D eigenvalue weighted by atomic mass is 10.1. The van der Waals surface area contributed by atoms with E-state index in [2.05, 4.69) is 4.98 Å². The maximum atomic E-state index is 13.9. The number of benzene rings is 1. The first kappa shape index (κ1) is 16.6. The van der Waals surface area contributed by atoms with E-state index in [0.29, 0.717) is 11.6 Å². The number of carbonyl (C=O) groups is 2. The molecule has 0 radical (unpaired) electrons. The Balaban J connectivity index is 1.90. The van der Waals surface area contributed by atoms with Crippen LogP contribution in [0.4, 0.5) is 4.39 Å². The monoisotopic (exact) mass is 348 g/mol. The van der Waals surface area contributed by atoms with E-state index in [1.165, 1.54) is 30.6 Å². The molecule has 2 aromatic rings. The van der Waals surface area contributed by atoms with Crippen molar-refractivity contribution in [3.05, 3.63) is 51.2 Å². The van der Waals surface area contributed by atoms with Gasteiger partial charge in [-0.3, -0.25) is 4.79 Å². The SMILES string of the molecule is COC(=O)c1nc([C@@H]2CCCN2C(=O)c2ccccc2F)sc1C. The van der Waals surface area contributed by atoms with Crippen molar-refractivity contribution in [1.29, 1.82) is 0 Å². The van der Waals surface area contributed by atoms with Gasteiger partial charge in [-0.15, -0.1) is 11.3 Å². The number of halogens is 1. The molecule has 1 fully saturated rings. The molecule has 1 aromatic heterocycles. The van der Waals surface area contributed by atoms with Crippen molar-refractivity contribution in [1.82, 2.24) is 9.88 Å². The second kappa shape index (κ2) is 6.68. The van der Waals surface area contributed by atoms with Gasteiger partial charge in [0.05, 0.1) is 18.7 Å². The summed E-state index contributed by atoms with van der Waals surface area (Å²) in [5.41, 5.74) is 0.341. The molecule has 2 heterocycles. The van der Waals surface area contributed by atoms with E-state index in [1.807, 2.05) is 0 Å². The van der Waals surface area contributed by atoms with Crippen LogP contribution in [0, 0.1) is 12.7 Å². The lowest BCUT2D eigenvalue weighted by Gasteiger charge is -2.23. The van der Waals surface area contributed by atoms with Crippen molar-refractivity contribution in [2.75, 3.05) is 13.7 Å². The normalized spacial score (nSPS) is 17.1. The van der Waals surface area contributed by atoms with Crippen molar-refractivity contribution in [3.63, 3.8) is 0 Å². The van der Waals surface area contributed by atoms with Crippen LogP contribution in [0.15, 0.2) is 24.3 Å². The maximum absolute atomic E-state index is 13.9. The molecule has 3 rings (SSSR count). The lowest BCUT2D eigenvalue weighted by Crippen LogP contribution is -2.31. The number of aromatic nitrogens is 1. The average molecular weight is 348 g/mol. The smallest absolute Gasteiger partial charge is 0.357 e. The molecular formula is C17H17FN2O3S. The van der Waals surface area contributed by atoms with Gasteiger partial charge in [0.2, 0.25) is 0 Å². The van der Waals surface area contributed by atoms with Crippen LogP contribution in [0.1, 0.15) is 49.6 Å². The third-order valence-electron chi connectivity index (χ3n) is 4.09. The van der Waals surface area contributed by atoms with Crippen LogP contribution in [0.2, 0.25) is 0 Å². The first-order valence-electron chi connectivity index (χ1n) is 7.64. The largest absolute Gasteiger partial charge is 0.464 e. The third kappa shape index (κ3) is 2.91. The fraction of sp³-hybridized carbons (Fsp3) is 0.353. The average Bonchev–Trinajstić information content (AvgIpc) is 3.20. The number of methoxy groups -OCH3 is 1. The molecule has 0 spiro atoms. The molecule has 1 aliphatic rings. The van der Waals surface area contributed by atoms with Gasteiger partial charge in [-0.25, -0.2) is 14.2 Å². The van der Waals surface area contributed by atoms with E-state index in [1.54, 1.807) is 24.0 Å². The van der Waals surface area contributed by atoms with Gasteiger partial charge in [0.15, 0.2) is 5.69 Å². The Morgan fingerprint density at radius 2 is 2.12 bits per heavy atom. The first-order chi connectivity index (χ1) is 11.5. The minimum absolute atomic E-state index is 0.0610. The summed E-state index contributed by atoms with van der Waals surface area (Å²) in [6.45, 7) is 2.34. The van der Waals surface area contributed by atoms with Gasteiger partial charge in [0.25, 0.3) is 5.91 Å². The quantitative estimate of drug-likeness (QED) is 0.798. The summed E-state index contributed by atoms with van der Waals surface area (Å²) in [6.07, 6.45) is 1.56. The van der Waals surface area contributed by atoms with Gasteiger partial charge in [-0.05, 0) is 31.9 Å². The Morgan fingerprint density at radius 1 is 1.38 bits per heavy atom. The molecular weight excluding hydrogens is 331 g/mol.